The Kier molecular flexibility index (Phi) is 2.19. The monoisotopic (exact) mass is 190 g/mol. The van der Waals surface area contributed by atoms with Crippen LogP contribution in [0.3, 0.4) is 0 Å². The molecule has 0 aliphatic rings. The van der Waals surface area contributed by atoms with E-state index in [4.69, 9.17) is 0 Å². The predicted molar refractivity (Wildman–Crippen MR) is 43.0 cm³/mol. The lowest BCUT2D eigenvalue weighted by molar-refractivity contribution is -0.0687. The summed E-state index contributed by atoms with van der Waals surface area (Å²) in [5.74, 6) is 0. The molecule has 0 fully saturated rings. The molecule has 1 aromatic heterocycles. The molecule has 0 amide bonds. The van der Waals surface area contributed by atoms with Gasteiger partial charge in [-0.2, -0.15) is 18.3 Å². The largest absolute Gasteiger partial charge is 0.416 e. The van der Waals surface area contributed by atoms with Gasteiger partial charge in [0.1, 0.15) is 0 Å². The maximum Gasteiger partial charge on any atom is 0.416 e. The van der Waals surface area contributed by atoms with Crippen LogP contribution in [0.4, 0.5) is 13.2 Å². The number of allylic oxidation sites excluding steroid dienone is 1. The molecule has 13 heavy (non-hydrogen) atoms. The van der Waals surface area contributed by atoms with Gasteiger partial charge < -0.3 is 0 Å². The summed E-state index contributed by atoms with van der Waals surface area (Å²) in [6.07, 6.45) is -3.07. The van der Waals surface area contributed by atoms with Crippen molar-refractivity contribution < 1.29 is 13.2 Å². The molecule has 1 rings (SSSR count). The van der Waals surface area contributed by atoms with Crippen molar-refractivity contribution in [3.05, 3.63) is 24.0 Å². The van der Waals surface area contributed by atoms with E-state index in [1.54, 1.807) is 7.05 Å². The Hall–Kier alpha value is -1.26. The number of nitrogens with zero attached hydrogens (tertiary/aromatic N) is 2. The average molecular weight is 190 g/mol. The first-order valence-electron chi connectivity index (χ1n) is 3.59. The third kappa shape index (κ3) is 1.91. The van der Waals surface area contributed by atoms with Gasteiger partial charge in [-0.1, -0.05) is 6.58 Å². The lowest BCUT2D eigenvalue weighted by Crippen LogP contribution is -2.09. The summed E-state index contributed by atoms with van der Waals surface area (Å²) in [5, 5.41) is 3.80. The molecule has 2 nitrogen and oxygen atoms in total. The highest BCUT2D eigenvalue weighted by Crippen LogP contribution is 2.33. The molecule has 0 atom stereocenters. The molecule has 0 saturated carbocycles. The van der Waals surface area contributed by atoms with E-state index in [0.29, 0.717) is 5.69 Å². The van der Waals surface area contributed by atoms with Crippen LogP contribution in [-0.4, -0.2) is 16.0 Å². The molecule has 0 unspecified atom stereocenters. The quantitative estimate of drug-likeness (QED) is 0.664. The fourth-order valence-electron chi connectivity index (χ4n) is 1.05. The third-order valence-corrected chi connectivity index (χ3v) is 1.68. The van der Waals surface area contributed by atoms with E-state index in [1.165, 1.54) is 17.8 Å². The smallest absolute Gasteiger partial charge is 0.275 e. The molecule has 0 bridgehead atoms. The first kappa shape index (κ1) is 9.83. The lowest BCUT2D eigenvalue weighted by Gasteiger charge is -2.07. The Morgan fingerprint density at radius 2 is 2.08 bits per heavy atom. The van der Waals surface area contributed by atoms with Crippen LogP contribution in [0.15, 0.2) is 12.8 Å². The standard InChI is InChI=1S/C8H9F3N2/c1-5(8(9,10)11)7-4-13(3)12-6(7)2/h4H,1H2,2-3H3. The molecule has 5 heteroatoms. The van der Waals surface area contributed by atoms with Crippen molar-refractivity contribution >= 4 is 5.57 Å². The van der Waals surface area contributed by atoms with Crippen molar-refractivity contribution in [1.82, 2.24) is 9.78 Å². The molecule has 0 aromatic carbocycles. The zero-order valence-electron chi connectivity index (χ0n) is 7.31. The maximum atomic E-state index is 12.2. The van der Waals surface area contributed by atoms with Gasteiger partial charge in [0.25, 0.3) is 0 Å². The highest BCUT2D eigenvalue weighted by molar-refractivity contribution is 5.68. The van der Waals surface area contributed by atoms with E-state index in [1.807, 2.05) is 0 Å². The molecule has 1 heterocycles. The molecule has 0 N–H and O–H groups in total. The summed E-state index contributed by atoms with van der Waals surface area (Å²) >= 11 is 0. The highest BCUT2D eigenvalue weighted by Gasteiger charge is 2.34. The van der Waals surface area contributed by atoms with Crippen LogP contribution < -0.4 is 0 Å². The minimum Gasteiger partial charge on any atom is -0.275 e. The Morgan fingerprint density at radius 1 is 1.54 bits per heavy atom. The minimum absolute atomic E-state index is 0.0509. The molecule has 72 valence electrons. The van der Waals surface area contributed by atoms with E-state index in [9.17, 15) is 13.2 Å². The lowest BCUT2D eigenvalue weighted by atomic mass is 10.1. The summed E-state index contributed by atoms with van der Waals surface area (Å²) in [6.45, 7) is 4.51. The third-order valence-electron chi connectivity index (χ3n) is 1.68. The maximum absolute atomic E-state index is 12.2. The van der Waals surface area contributed by atoms with E-state index in [0.717, 1.165) is 0 Å². The fraction of sp³-hybridized carbons (Fsp3) is 0.375. The van der Waals surface area contributed by atoms with Crippen molar-refractivity contribution in [2.75, 3.05) is 0 Å². The first-order chi connectivity index (χ1) is 5.82. The summed E-state index contributed by atoms with van der Waals surface area (Å²) < 4.78 is 37.9. The molecular weight excluding hydrogens is 181 g/mol. The predicted octanol–water partition coefficient (Wildman–Crippen LogP) is 2.30. The number of hydrogen-bond acceptors (Lipinski definition) is 1. The van der Waals surface area contributed by atoms with Crippen LogP contribution in [-0.2, 0) is 7.05 Å². The van der Waals surface area contributed by atoms with E-state index in [-0.39, 0.29) is 5.56 Å². The zero-order valence-corrected chi connectivity index (χ0v) is 7.31. The van der Waals surface area contributed by atoms with Crippen molar-refractivity contribution in [2.24, 2.45) is 7.05 Å². The number of alkyl halides is 3. The molecule has 1 aromatic rings. The number of hydrogen-bond donors (Lipinski definition) is 0. The summed E-state index contributed by atoms with van der Waals surface area (Å²) in [7, 11) is 1.57. The highest BCUT2D eigenvalue weighted by atomic mass is 19.4. The van der Waals surface area contributed by atoms with Crippen LogP contribution in [0.1, 0.15) is 11.3 Å². The number of aromatic nitrogens is 2. The van der Waals surface area contributed by atoms with Crippen LogP contribution in [0.5, 0.6) is 0 Å². The van der Waals surface area contributed by atoms with E-state index < -0.39 is 11.7 Å². The summed E-state index contributed by atoms with van der Waals surface area (Å²) in [4.78, 5) is 0. The second kappa shape index (κ2) is 2.90. The van der Waals surface area contributed by atoms with Crippen molar-refractivity contribution in [1.29, 1.82) is 0 Å². The van der Waals surface area contributed by atoms with Gasteiger partial charge in [0, 0.05) is 18.8 Å². The van der Waals surface area contributed by atoms with Gasteiger partial charge in [0.15, 0.2) is 0 Å². The normalized spacial score (nSPS) is 11.8. The van der Waals surface area contributed by atoms with Crippen molar-refractivity contribution in [3.63, 3.8) is 0 Å². The minimum atomic E-state index is -4.38. The van der Waals surface area contributed by atoms with Gasteiger partial charge in [-0.3, -0.25) is 4.68 Å². The van der Waals surface area contributed by atoms with Gasteiger partial charge in [0.05, 0.1) is 11.3 Å². The van der Waals surface area contributed by atoms with Gasteiger partial charge >= 0.3 is 6.18 Å². The molecule has 0 spiro atoms. The van der Waals surface area contributed by atoms with Crippen LogP contribution in [0, 0.1) is 6.92 Å². The van der Waals surface area contributed by atoms with Gasteiger partial charge in [-0.05, 0) is 6.92 Å². The first-order valence-corrected chi connectivity index (χ1v) is 3.59. The topological polar surface area (TPSA) is 17.8 Å². The van der Waals surface area contributed by atoms with E-state index in [2.05, 4.69) is 11.7 Å². The van der Waals surface area contributed by atoms with Crippen LogP contribution >= 0.6 is 0 Å². The van der Waals surface area contributed by atoms with Crippen LogP contribution in [0.25, 0.3) is 5.57 Å². The van der Waals surface area contributed by atoms with Crippen LogP contribution in [0.2, 0.25) is 0 Å². The molecular formula is C8H9F3N2. The zero-order chi connectivity index (χ0) is 10.2. The Morgan fingerprint density at radius 3 is 2.38 bits per heavy atom. The average Bonchev–Trinajstić information content (AvgIpc) is 2.26. The second-order valence-corrected chi connectivity index (χ2v) is 2.78. The molecule has 0 saturated heterocycles. The second-order valence-electron chi connectivity index (χ2n) is 2.78. The SMILES string of the molecule is C=C(c1cn(C)nc1C)C(F)(F)F. The van der Waals surface area contributed by atoms with Gasteiger partial charge in [-0.15, -0.1) is 0 Å². The molecule has 0 aliphatic heterocycles. The number of aryl methyl sites for hydroxylation is 2. The molecule has 0 aliphatic carbocycles. The Balaban J connectivity index is 3.09. The number of halogens is 3. The van der Waals surface area contributed by atoms with E-state index >= 15 is 0 Å². The summed E-state index contributed by atoms with van der Waals surface area (Å²) in [6, 6.07) is 0. The summed E-state index contributed by atoms with van der Waals surface area (Å²) in [5.41, 5.74) is -0.460. The van der Waals surface area contributed by atoms with Crippen molar-refractivity contribution in [3.8, 4) is 0 Å². The number of rotatable bonds is 1. The molecule has 0 radical (unpaired) electrons. The Labute approximate surface area is 73.7 Å². The van der Waals surface area contributed by atoms with Gasteiger partial charge in [-0.25, -0.2) is 0 Å². The Bertz CT molecular complexity index is 336. The van der Waals surface area contributed by atoms with Crippen molar-refractivity contribution in [2.45, 2.75) is 13.1 Å². The van der Waals surface area contributed by atoms with Gasteiger partial charge in [0.2, 0.25) is 0 Å². The fourth-order valence-corrected chi connectivity index (χ4v) is 1.05.